The Bertz CT molecular complexity index is 364. The summed E-state index contributed by atoms with van der Waals surface area (Å²) < 4.78 is 0. The van der Waals surface area contributed by atoms with Gasteiger partial charge >= 0.3 is 0 Å². The molecule has 1 heterocycles. The Hall–Kier alpha value is -1.58. The maximum atomic E-state index is 11.0. The highest BCUT2D eigenvalue weighted by Gasteiger charge is 2.33. The van der Waals surface area contributed by atoms with Gasteiger partial charge in [-0.1, -0.05) is 6.92 Å². The Labute approximate surface area is 82.5 Å². The maximum Gasteiger partial charge on any atom is 0.252 e. The average molecular weight is 191 g/mol. The molecular formula is C10H13N3O. The Morgan fingerprint density at radius 1 is 1.71 bits per heavy atom. The van der Waals surface area contributed by atoms with Crippen LogP contribution in [0.5, 0.6) is 0 Å². The fourth-order valence-electron chi connectivity index (χ4n) is 1.42. The zero-order chi connectivity index (χ0) is 10.1. The SMILES string of the molecule is CC1CC1Nc1ncccc1C(N)=O. The molecule has 0 saturated heterocycles. The van der Waals surface area contributed by atoms with Crippen molar-refractivity contribution >= 4 is 11.7 Å². The van der Waals surface area contributed by atoms with E-state index in [4.69, 9.17) is 5.73 Å². The standard InChI is InChI=1S/C10H13N3O/c1-6-5-8(6)13-10-7(9(11)14)3-2-4-12-10/h2-4,6,8H,5H2,1H3,(H2,11,14)(H,12,13). The number of nitrogens with one attached hydrogen (secondary N) is 1. The second kappa shape index (κ2) is 3.29. The molecule has 0 spiro atoms. The summed E-state index contributed by atoms with van der Waals surface area (Å²) >= 11 is 0. The van der Waals surface area contributed by atoms with Gasteiger partial charge in [-0.3, -0.25) is 4.79 Å². The van der Waals surface area contributed by atoms with Crippen molar-refractivity contribution in [3.05, 3.63) is 23.9 Å². The number of pyridine rings is 1. The molecule has 3 N–H and O–H groups in total. The van der Waals surface area contributed by atoms with Gasteiger partial charge in [0.2, 0.25) is 0 Å². The lowest BCUT2D eigenvalue weighted by molar-refractivity contribution is 0.100. The molecule has 2 rings (SSSR count). The zero-order valence-electron chi connectivity index (χ0n) is 8.03. The Morgan fingerprint density at radius 2 is 2.43 bits per heavy atom. The Kier molecular flexibility index (Phi) is 2.11. The first-order valence-corrected chi connectivity index (χ1v) is 4.70. The van der Waals surface area contributed by atoms with Crippen molar-refractivity contribution in [3.8, 4) is 0 Å². The first-order valence-electron chi connectivity index (χ1n) is 4.70. The van der Waals surface area contributed by atoms with Crippen LogP contribution in [0.4, 0.5) is 5.82 Å². The van der Waals surface area contributed by atoms with Crippen molar-refractivity contribution in [2.45, 2.75) is 19.4 Å². The monoisotopic (exact) mass is 191 g/mol. The number of rotatable bonds is 3. The zero-order valence-corrected chi connectivity index (χ0v) is 8.03. The topological polar surface area (TPSA) is 68.0 Å². The van der Waals surface area contributed by atoms with Crippen molar-refractivity contribution in [3.63, 3.8) is 0 Å². The van der Waals surface area contributed by atoms with E-state index in [1.165, 1.54) is 0 Å². The van der Waals surface area contributed by atoms with Crippen LogP contribution in [0.3, 0.4) is 0 Å². The third-order valence-corrected chi connectivity index (χ3v) is 2.50. The fraction of sp³-hybridized carbons (Fsp3) is 0.400. The summed E-state index contributed by atoms with van der Waals surface area (Å²) in [6, 6.07) is 3.84. The molecule has 1 aromatic heterocycles. The number of carbonyl (C=O) groups is 1. The molecule has 0 aromatic carbocycles. The summed E-state index contributed by atoms with van der Waals surface area (Å²) in [4.78, 5) is 15.1. The lowest BCUT2D eigenvalue weighted by Gasteiger charge is -2.07. The molecule has 0 radical (unpaired) electrons. The van der Waals surface area contributed by atoms with Gasteiger partial charge in [0.15, 0.2) is 0 Å². The van der Waals surface area contributed by atoms with Gasteiger partial charge in [0.05, 0.1) is 5.56 Å². The van der Waals surface area contributed by atoms with Crippen molar-refractivity contribution in [2.75, 3.05) is 5.32 Å². The third-order valence-electron chi connectivity index (χ3n) is 2.50. The summed E-state index contributed by atoms with van der Waals surface area (Å²) in [6.45, 7) is 2.16. The number of anilines is 1. The number of hydrogen-bond acceptors (Lipinski definition) is 3. The predicted octanol–water partition coefficient (Wildman–Crippen LogP) is 1.00. The van der Waals surface area contributed by atoms with Gasteiger partial charge in [0, 0.05) is 12.2 Å². The van der Waals surface area contributed by atoms with Crippen LogP contribution in [0.2, 0.25) is 0 Å². The second-order valence-electron chi connectivity index (χ2n) is 3.73. The van der Waals surface area contributed by atoms with Crippen LogP contribution in [0.1, 0.15) is 23.7 Å². The summed E-state index contributed by atoms with van der Waals surface area (Å²) in [5, 5.41) is 3.20. The summed E-state index contributed by atoms with van der Waals surface area (Å²) in [6.07, 6.45) is 2.79. The van der Waals surface area contributed by atoms with Crippen LogP contribution in [0.25, 0.3) is 0 Å². The molecule has 0 bridgehead atoms. The average Bonchev–Trinajstić information content (AvgIpc) is 2.82. The smallest absolute Gasteiger partial charge is 0.252 e. The molecule has 1 aliphatic rings. The Balaban J connectivity index is 2.19. The minimum absolute atomic E-state index is 0.436. The number of aromatic nitrogens is 1. The number of nitrogens with zero attached hydrogens (tertiary/aromatic N) is 1. The first-order chi connectivity index (χ1) is 6.68. The van der Waals surface area contributed by atoms with Gasteiger partial charge < -0.3 is 11.1 Å². The van der Waals surface area contributed by atoms with E-state index in [1.54, 1.807) is 18.3 Å². The highest BCUT2D eigenvalue weighted by Crippen LogP contribution is 2.32. The van der Waals surface area contributed by atoms with E-state index in [1.807, 2.05) is 0 Å². The van der Waals surface area contributed by atoms with E-state index in [2.05, 4.69) is 17.2 Å². The molecule has 1 amide bonds. The lowest BCUT2D eigenvalue weighted by Crippen LogP contribution is -2.16. The first kappa shape index (κ1) is 8.99. The van der Waals surface area contributed by atoms with Crippen molar-refractivity contribution < 1.29 is 4.79 Å². The Morgan fingerprint density at radius 3 is 3.00 bits per heavy atom. The lowest BCUT2D eigenvalue weighted by atomic mass is 10.2. The van der Waals surface area contributed by atoms with Gasteiger partial charge in [0.25, 0.3) is 5.91 Å². The van der Waals surface area contributed by atoms with Gasteiger partial charge in [-0.15, -0.1) is 0 Å². The molecule has 74 valence electrons. The molecule has 4 nitrogen and oxygen atoms in total. The van der Waals surface area contributed by atoms with Gasteiger partial charge in [0.1, 0.15) is 5.82 Å². The van der Waals surface area contributed by atoms with Crippen LogP contribution < -0.4 is 11.1 Å². The predicted molar refractivity (Wildman–Crippen MR) is 53.9 cm³/mol. The fourth-order valence-corrected chi connectivity index (χ4v) is 1.42. The van der Waals surface area contributed by atoms with E-state index in [-0.39, 0.29) is 0 Å². The van der Waals surface area contributed by atoms with Crippen molar-refractivity contribution in [1.29, 1.82) is 0 Å². The van der Waals surface area contributed by atoms with Gasteiger partial charge in [-0.05, 0) is 24.5 Å². The molecule has 14 heavy (non-hydrogen) atoms. The molecule has 1 aliphatic carbocycles. The van der Waals surface area contributed by atoms with E-state index in [0.717, 1.165) is 6.42 Å². The molecule has 1 fully saturated rings. The summed E-state index contributed by atoms with van der Waals surface area (Å²) in [5.41, 5.74) is 5.69. The molecule has 2 atom stereocenters. The second-order valence-corrected chi connectivity index (χ2v) is 3.73. The highest BCUT2D eigenvalue weighted by atomic mass is 16.1. The van der Waals surface area contributed by atoms with E-state index in [9.17, 15) is 4.79 Å². The molecule has 2 unspecified atom stereocenters. The van der Waals surface area contributed by atoms with Gasteiger partial charge in [-0.25, -0.2) is 4.98 Å². The number of nitrogens with two attached hydrogens (primary N) is 1. The van der Waals surface area contributed by atoms with Crippen LogP contribution in [0.15, 0.2) is 18.3 Å². The van der Waals surface area contributed by atoms with Crippen LogP contribution in [0, 0.1) is 5.92 Å². The molecular weight excluding hydrogens is 178 g/mol. The molecule has 1 saturated carbocycles. The van der Waals surface area contributed by atoms with E-state index < -0.39 is 5.91 Å². The van der Waals surface area contributed by atoms with Gasteiger partial charge in [-0.2, -0.15) is 0 Å². The number of amides is 1. The maximum absolute atomic E-state index is 11.0. The molecule has 0 aliphatic heterocycles. The third kappa shape index (κ3) is 1.69. The van der Waals surface area contributed by atoms with E-state index in [0.29, 0.717) is 23.3 Å². The molecule has 1 aromatic rings. The number of carbonyl (C=O) groups excluding carboxylic acids is 1. The molecule has 4 heteroatoms. The highest BCUT2D eigenvalue weighted by molar-refractivity contribution is 5.97. The van der Waals surface area contributed by atoms with Crippen molar-refractivity contribution in [2.24, 2.45) is 11.7 Å². The summed E-state index contributed by atoms with van der Waals surface area (Å²) in [7, 11) is 0. The van der Waals surface area contributed by atoms with Crippen molar-refractivity contribution in [1.82, 2.24) is 4.98 Å². The number of primary amides is 1. The minimum Gasteiger partial charge on any atom is -0.366 e. The van der Waals surface area contributed by atoms with Crippen LogP contribution >= 0.6 is 0 Å². The van der Waals surface area contributed by atoms with Crippen LogP contribution in [-0.2, 0) is 0 Å². The quantitative estimate of drug-likeness (QED) is 0.749. The minimum atomic E-state index is -0.436. The largest absolute Gasteiger partial charge is 0.366 e. The van der Waals surface area contributed by atoms with Crippen LogP contribution in [-0.4, -0.2) is 16.9 Å². The summed E-state index contributed by atoms with van der Waals surface area (Å²) in [5.74, 6) is 0.834. The normalized spacial score (nSPS) is 24.4. The number of hydrogen-bond donors (Lipinski definition) is 2. The van der Waals surface area contributed by atoms with E-state index >= 15 is 0 Å².